The third kappa shape index (κ3) is 3.08. The van der Waals surface area contributed by atoms with E-state index < -0.39 is 60.4 Å². The lowest BCUT2D eigenvalue weighted by Gasteiger charge is -2.56. The van der Waals surface area contributed by atoms with Crippen LogP contribution in [-0.2, 0) is 26.1 Å². The van der Waals surface area contributed by atoms with Gasteiger partial charge in [0, 0.05) is 29.9 Å². The molecule has 3 aliphatic heterocycles. The van der Waals surface area contributed by atoms with Crippen molar-refractivity contribution in [3.8, 4) is 11.5 Å². The second-order valence-electron chi connectivity index (χ2n) is 10.6. The molecule has 3 heterocycles. The van der Waals surface area contributed by atoms with Crippen molar-refractivity contribution in [2.24, 2.45) is 5.92 Å². The molecule has 6 N–H and O–H groups in total. The third-order valence-electron chi connectivity index (χ3n) is 8.83. The maximum atomic E-state index is 11.5. The monoisotopic (exact) mass is 505 g/mol. The van der Waals surface area contributed by atoms with Gasteiger partial charge < -0.3 is 49.7 Å². The number of likely N-dealkylation sites (N-methyl/N-ethyl adjacent to an activating group) is 1. The molecular formula is C25H31NO10. The number of aliphatic hydroxyl groups is 5. The van der Waals surface area contributed by atoms with Gasteiger partial charge in [0.2, 0.25) is 6.29 Å². The lowest BCUT2D eigenvalue weighted by atomic mass is 9.53. The number of aliphatic hydroxyl groups excluding tert-OH is 5. The number of esters is 1. The van der Waals surface area contributed by atoms with Gasteiger partial charge in [-0.15, -0.1) is 0 Å². The second kappa shape index (κ2) is 8.12. The van der Waals surface area contributed by atoms with Crippen LogP contribution >= 0.6 is 0 Å². The van der Waals surface area contributed by atoms with Gasteiger partial charge in [0.05, 0.1) is 0 Å². The van der Waals surface area contributed by atoms with Crippen LogP contribution in [0.3, 0.4) is 0 Å². The Morgan fingerprint density at radius 1 is 1.19 bits per heavy atom. The molecule has 1 spiro atoms. The van der Waals surface area contributed by atoms with Gasteiger partial charge in [0.1, 0.15) is 42.7 Å². The number of likely N-dealkylation sites (tertiary alicyclic amines) is 1. The van der Waals surface area contributed by atoms with Crippen molar-refractivity contribution in [1.82, 2.24) is 4.90 Å². The predicted octanol–water partition coefficient (Wildman–Crippen LogP) is -1.40. The minimum absolute atomic E-state index is 0.0343. The normalized spacial score (nSPS) is 43.5. The van der Waals surface area contributed by atoms with E-state index in [9.17, 15) is 35.4 Å². The summed E-state index contributed by atoms with van der Waals surface area (Å²) in [5.41, 5.74) is 1.17. The first kappa shape index (κ1) is 24.1. The Morgan fingerprint density at radius 2 is 1.94 bits per heavy atom. The maximum absolute atomic E-state index is 11.5. The zero-order valence-electron chi connectivity index (χ0n) is 19.9. The first-order chi connectivity index (χ1) is 17.1. The Kier molecular flexibility index (Phi) is 5.44. The van der Waals surface area contributed by atoms with Crippen molar-refractivity contribution in [1.29, 1.82) is 0 Å². The number of ether oxygens (including phenoxy) is 3. The van der Waals surface area contributed by atoms with Crippen molar-refractivity contribution >= 4 is 5.97 Å². The number of carbonyl (C=O) groups excluding carboxylic acids is 1. The van der Waals surface area contributed by atoms with Crippen LogP contribution in [0, 0.1) is 5.92 Å². The maximum Gasteiger partial charge on any atom is 0.305 e. The number of rotatable bonds is 3. The van der Waals surface area contributed by atoms with Crippen LogP contribution in [0.2, 0.25) is 0 Å². The van der Waals surface area contributed by atoms with E-state index in [0.29, 0.717) is 18.6 Å². The van der Waals surface area contributed by atoms with E-state index in [1.165, 1.54) is 6.07 Å². The molecule has 1 aromatic carbocycles. The summed E-state index contributed by atoms with van der Waals surface area (Å²) in [6.07, 6.45) is -6.26. The number of aromatic hydroxyl groups is 1. The Labute approximate surface area is 207 Å². The highest BCUT2D eigenvalue weighted by molar-refractivity contribution is 5.66. The lowest BCUT2D eigenvalue weighted by molar-refractivity contribution is -0.302. The van der Waals surface area contributed by atoms with Crippen LogP contribution in [0.15, 0.2) is 18.2 Å². The van der Waals surface area contributed by atoms with Gasteiger partial charge in [-0.25, -0.2) is 0 Å². The molecule has 5 aliphatic rings. The summed E-state index contributed by atoms with van der Waals surface area (Å²) in [7, 11) is 2.03. The molecule has 0 amide bonds. The van der Waals surface area contributed by atoms with Crippen molar-refractivity contribution in [3.05, 3.63) is 34.9 Å². The van der Waals surface area contributed by atoms with Gasteiger partial charge in [-0.2, -0.15) is 0 Å². The van der Waals surface area contributed by atoms with E-state index in [-0.39, 0.29) is 23.3 Å². The van der Waals surface area contributed by atoms with Gasteiger partial charge in [0.15, 0.2) is 11.5 Å². The number of phenolic OH excluding ortho intramolecular Hbond substituents is 1. The average molecular weight is 506 g/mol. The van der Waals surface area contributed by atoms with Crippen molar-refractivity contribution in [2.75, 3.05) is 13.6 Å². The Morgan fingerprint density at radius 3 is 2.67 bits per heavy atom. The van der Waals surface area contributed by atoms with E-state index >= 15 is 0 Å². The number of carbonyl (C=O) groups is 1. The average Bonchev–Trinajstić information content (AvgIpc) is 3.19. The smallest absolute Gasteiger partial charge is 0.305 e. The first-order valence-corrected chi connectivity index (χ1v) is 12.2. The van der Waals surface area contributed by atoms with E-state index in [0.717, 1.165) is 24.6 Å². The summed E-state index contributed by atoms with van der Waals surface area (Å²) in [6, 6.07) is 1.40. The molecule has 0 aromatic heterocycles. The first-order valence-electron chi connectivity index (χ1n) is 12.2. The Bertz CT molecular complexity index is 1120. The molecular weight excluding hydrogens is 474 g/mol. The number of piperidine rings is 1. The largest absolute Gasteiger partial charge is 0.504 e. The molecule has 1 unspecified atom stereocenters. The van der Waals surface area contributed by atoms with Gasteiger partial charge in [-0.05, 0) is 43.6 Å². The summed E-state index contributed by atoms with van der Waals surface area (Å²) in [6.45, 7) is 1.88. The molecule has 2 bridgehead atoms. The lowest BCUT2D eigenvalue weighted by Crippen LogP contribution is -2.65. The highest BCUT2D eigenvalue weighted by atomic mass is 16.7. The molecule has 2 saturated heterocycles. The Balaban J connectivity index is 1.46. The van der Waals surface area contributed by atoms with Crippen LogP contribution in [0.1, 0.15) is 36.1 Å². The van der Waals surface area contributed by atoms with Gasteiger partial charge in [-0.3, -0.25) is 4.79 Å². The van der Waals surface area contributed by atoms with E-state index in [2.05, 4.69) is 4.90 Å². The highest BCUT2D eigenvalue weighted by Crippen LogP contribution is 2.63. The Hall–Kier alpha value is -2.25. The molecule has 11 atom stereocenters. The molecule has 2 aliphatic carbocycles. The minimum atomic E-state index is -1.75. The quantitative estimate of drug-likeness (QED) is 0.211. The predicted molar refractivity (Wildman–Crippen MR) is 121 cm³/mol. The second-order valence-corrected chi connectivity index (χ2v) is 10.6. The van der Waals surface area contributed by atoms with E-state index in [4.69, 9.17) is 14.2 Å². The van der Waals surface area contributed by atoms with Gasteiger partial charge >= 0.3 is 5.97 Å². The number of benzene rings is 1. The zero-order valence-corrected chi connectivity index (χ0v) is 19.9. The molecule has 1 aromatic rings. The summed E-state index contributed by atoms with van der Waals surface area (Å²) in [4.78, 5) is 13.7. The number of phenols is 1. The molecule has 11 heteroatoms. The number of nitrogens with zero attached hydrogens (tertiary/aromatic N) is 1. The fourth-order valence-corrected chi connectivity index (χ4v) is 7.19. The molecule has 0 radical (unpaired) electrons. The SMILES string of the molecule is CC(=O)O[C@H]1O[C@H](C(O)c2cc(O)c3c4c2C[C@@H]2[C@@H]5C=C[C@H](O)[C@H](O3)[C@]45CCN2C)[C@@H](O)[C@H](O)[C@@H]1O. The van der Waals surface area contributed by atoms with Crippen molar-refractivity contribution in [2.45, 2.75) is 80.2 Å². The summed E-state index contributed by atoms with van der Waals surface area (Å²) in [5.74, 6) is -0.654. The van der Waals surface area contributed by atoms with E-state index in [1.807, 2.05) is 13.1 Å². The number of hydrogen-bond acceptors (Lipinski definition) is 11. The van der Waals surface area contributed by atoms with Crippen molar-refractivity contribution < 1.29 is 49.6 Å². The number of hydrogen-bond donors (Lipinski definition) is 6. The topological polar surface area (TPSA) is 169 Å². The minimum Gasteiger partial charge on any atom is -0.504 e. The summed E-state index contributed by atoms with van der Waals surface area (Å²) < 4.78 is 16.7. The molecule has 36 heavy (non-hydrogen) atoms. The highest BCUT2D eigenvalue weighted by Gasteiger charge is 2.65. The molecule has 11 nitrogen and oxygen atoms in total. The van der Waals surface area contributed by atoms with Gasteiger partial charge in [-0.1, -0.05) is 12.2 Å². The van der Waals surface area contributed by atoms with Crippen LogP contribution in [0.4, 0.5) is 0 Å². The summed E-state index contributed by atoms with van der Waals surface area (Å²) in [5, 5.41) is 64.6. The fourth-order valence-electron chi connectivity index (χ4n) is 7.19. The molecule has 196 valence electrons. The third-order valence-corrected chi connectivity index (χ3v) is 8.83. The molecule has 6 rings (SSSR count). The zero-order chi connectivity index (χ0) is 25.7. The van der Waals surface area contributed by atoms with Crippen LogP contribution in [-0.4, -0.2) is 104 Å². The molecule has 2 fully saturated rings. The standard InChI is InChI=1S/C25H31NO10/c1-9(27)34-24-20(33)18(31)19(32)22(36-24)17(30)11-8-15(29)21-16-10(11)7-13-12-3-4-14(28)23(35-21)25(12,16)5-6-26(13)2/h3-4,8,12-14,17-20,22-24,28-33H,5-7H2,1-2H3/t12-,13+,14-,17?,18-,19-,20-,22+,23-,24-,25-/m0/s1. The van der Waals surface area contributed by atoms with Gasteiger partial charge in [0.25, 0.3) is 0 Å². The molecule has 0 saturated carbocycles. The van der Waals surface area contributed by atoms with Crippen LogP contribution in [0.5, 0.6) is 11.5 Å². The van der Waals surface area contributed by atoms with Crippen LogP contribution in [0.25, 0.3) is 0 Å². The van der Waals surface area contributed by atoms with Crippen LogP contribution < -0.4 is 4.74 Å². The van der Waals surface area contributed by atoms with E-state index in [1.54, 1.807) is 6.08 Å². The van der Waals surface area contributed by atoms with Crippen molar-refractivity contribution in [3.63, 3.8) is 0 Å². The summed E-state index contributed by atoms with van der Waals surface area (Å²) >= 11 is 0. The fraction of sp³-hybridized carbons (Fsp3) is 0.640.